The van der Waals surface area contributed by atoms with Crippen molar-refractivity contribution >= 4 is 11.5 Å². The number of hydrogen-bond acceptors (Lipinski definition) is 3. The van der Waals surface area contributed by atoms with Crippen LogP contribution < -0.4 is 5.32 Å². The molecule has 2 rings (SSSR count). The van der Waals surface area contributed by atoms with Crippen LogP contribution in [0.5, 0.6) is 0 Å². The number of likely N-dealkylation sites (N-methyl/N-ethyl adjacent to an activating group) is 1. The van der Waals surface area contributed by atoms with E-state index >= 15 is 0 Å². The SMILES string of the molecule is CCN(CC)CC(=O)c1ccc2c(c1)CCN2. The van der Waals surface area contributed by atoms with Crippen molar-refractivity contribution in [3.05, 3.63) is 29.3 Å². The zero-order valence-electron chi connectivity index (χ0n) is 10.6. The van der Waals surface area contributed by atoms with Gasteiger partial charge in [0.05, 0.1) is 6.54 Å². The van der Waals surface area contributed by atoms with E-state index < -0.39 is 0 Å². The average molecular weight is 232 g/mol. The lowest BCUT2D eigenvalue weighted by atomic mass is 10.0. The van der Waals surface area contributed by atoms with Crippen LogP contribution in [0.25, 0.3) is 0 Å². The molecule has 1 aliphatic rings. The molecule has 1 aliphatic heterocycles. The summed E-state index contributed by atoms with van der Waals surface area (Å²) in [6, 6.07) is 6.00. The maximum atomic E-state index is 12.1. The molecule has 0 amide bonds. The summed E-state index contributed by atoms with van der Waals surface area (Å²) in [5, 5.41) is 3.31. The van der Waals surface area contributed by atoms with E-state index in [1.54, 1.807) is 0 Å². The highest BCUT2D eigenvalue weighted by atomic mass is 16.1. The number of anilines is 1. The Bertz CT molecular complexity index is 411. The molecule has 1 heterocycles. The van der Waals surface area contributed by atoms with Gasteiger partial charge in [0.25, 0.3) is 0 Å². The molecule has 0 bridgehead atoms. The first-order valence-electron chi connectivity index (χ1n) is 6.37. The van der Waals surface area contributed by atoms with Gasteiger partial charge in [-0.25, -0.2) is 0 Å². The van der Waals surface area contributed by atoms with Crippen LogP contribution in [0.1, 0.15) is 29.8 Å². The van der Waals surface area contributed by atoms with Crippen LogP contribution in [-0.2, 0) is 6.42 Å². The van der Waals surface area contributed by atoms with Crippen LogP contribution >= 0.6 is 0 Å². The largest absolute Gasteiger partial charge is 0.384 e. The lowest BCUT2D eigenvalue weighted by Crippen LogP contribution is -2.29. The molecule has 0 unspecified atom stereocenters. The molecule has 0 fully saturated rings. The molecule has 0 radical (unpaired) electrons. The maximum Gasteiger partial charge on any atom is 0.176 e. The van der Waals surface area contributed by atoms with E-state index in [0.29, 0.717) is 6.54 Å². The topological polar surface area (TPSA) is 32.3 Å². The first-order valence-corrected chi connectivity index (χ1v) is 6.37. The minimum atomic E-state index is 0.225. The van der Waals surface area contributed by atoms with E-state index in [4.69, 9.17) is 0 Å². The zero-order chi connectivity index (χ0) is 12.3. The second kappa shape index (κ2) is 5.32. The van der Waals surface area contributed by atoms with Gasteiger partial charge in [-0.2, -0.15) is 0 Å². The van der Waals surface area contributed by atoms with Crippen molar-refractivity contribution in [2.45, 2.75) is 20.3 Å². The lowest BCUT2D eigenvalue weighted by Gasteiger charge is -2.16. The molecule has 0 saturated heterocycles. The average Bonchev–Trinajstić information content (AvgIpc) is 2.82. The van der Waals surface area contributed by atoms with E-state index in [1.807, 2.05) is 18.2 Å². The normalized spacial score (nSPS) is 13.6. The predicted octanol–water partition coefficient (Wildman–Crippen LogP) is 2.18. The monoisotopic (exact) mass is 232 g/mol. The first-order chi connectivity index (χ1) is 8.24. The number of rotatable bonds is 5. The van der Waals surface area contributed by atoms with Crippen molar-refractivity contribution in [3.63, 3.8) is 0 Å². The summed E-state index contributed by atoms with van der Waals surface area (Å²) in [6.45, 7) is 7.54. The van der Waals surface area contributed by atoms with Gasteiger partial charge < -0.3 is 5.32 Å². The predicted molar refractivity (Wildman–Crippen MR) is 70.8 cm³/mol. The van der Waals surface area contributed by atoms with Gasteiger partial charge in [0.15, 0.2) is 5.78 Å². The Kier molecular flexibility index (Phi) is 3.79. The van der Waals surface area contributed by atoms with Crippen molar-refractivity contribution < 1.29 is 4.79 Å². The highest BCUT2D eigenvalue weighted by Gasteiger charge is 2.14. The Hall–Kier alpha value is -1.35. The summed E-state index contributed by atoms with van der Waals surface area (Å²) in [6.07, 6.45) is 1.03. The highest BCUT2D eigenvalue weighted by Crippen LogP contribution is 2.23. The van der Waals surface area contributed by atoms with Crippen molar-refractivity contribution in [1.29, 1.82) is 0 Å². The van der Waals surface area contributed by atoms with Gasteiger partial charge in [-0.3, -0.25) is 9.69 Å². The van der Waals surface area contributed by atoms with E-state index in [-0.39, 0.29) is 5.78 Å². The number of hydrogen-bond donors (Lipinski definition) is 1. The molecule has 0 spiro atoms. The molecule has 3 nitrogen and oxygen atoms in total. The summed E-state index contributed by atoms with van der Waals surface area (Å²) in [5.41, 5.74) is 3.30. The molecule has 17 heavy (non-hydrogen) atoms. The van der Waals surface area contributed by atoms with Gasteiger partial charge >= 0.3 is 0 Å². The third-order valence-electron chi connectivity index (χ3n) is 3.40. The van der Waals surface area contributed by atoms with E-state index in [2.05, 4.69) is 24.1 Å². The second-order valence-corrected chi connectivity index (χ2v) is 4.43. The Morgan fingerprint density at radius 3 is 2.82 bits per heavy atom. The molecular weight excluding hydrogens is 212 g/mol. The fraction of sp³-hybridized carbons (Fsp3) is 0.500. The number of carbonyl (C=O) groups excluding carboxylic acids is 1. The number of nitrogens with zero attached hydrogens (tertiary/aromatic N) is 1. The molecule has 0 aromatic heterocycles. The van der Waals surface area contributed by atoms with Gasteiger partial charge in [0.1, 0.15) is 0 Å². The van der Waals surface area contributed by atoms with Gasteiger partial charge in [-0.1, -0.05) is 13.8 Å². The Morgan fingerprint density at radius 2 is 2.12 bits per heavy atom. The summed E-state index contributed by atoms with van der Waals surface area (Å²) in [5.74, 6) is 0.225. The third-order valence-corrected chi connectivity index (χ3v) is 3.40. The van der Waals surface area contributed by atoms with Crippen molar-refractivity contribution in [1.82, 2.24) is 4.90 Å². The van der Waals surface area contributed by atoms with Crippen molar-refractivity contribution in [2.24, 2.45) is 0 Å². The van der Waals surface area contributed by atoms with Crippen molar-refractivity contribution in [3.8, 4) is 0 Å². The van der Waals surface area contributed by atoms with Crippen LogP contribution in [0, 0.1) is 0 Å². The minimum absolute atomic E-state index is 0.225. The second-order valence-electron chi connectivity index (χ2n) is 4.43. The number of Topliss-reactive ketones (excluding diaryl/α,β-unsaturated/α-hetero) is 1. The fourth-order valence-electron chi connectivity index (χ4n) is 2.22. The minimum Gasteiger partial charge on any atom is -0.384 e. The Balaban J connectivity index is 2.09. The smallest absolute Gasteiger partial charge is 0.176 e. The number of carbonyl (C=O) groups is 1. The van der Waals surface area contributed by atoms with Gasteiger partial charge in [-0.15, -0.1) is 0 Å². The van der Waals surface area contributed by atoms with E-state index in [0.717, 1.165) is 31.6 Å². The van der Waals surface area contributed by atoms with Crippen LogP contribution in [0.2, 0.25) is 0 Å². The molecule has 0 atom stereocenters. The van der Waals surface area contributed by atoms with E-state index in [1.165, 1.54) is 11.3 Å². The summed E-state index contributed by atoms with van der Waals surface area (Å²) in [7, 11) is 0. The van der Waals surface area contributed by atoms with Crippen LogP contribution in [0.3, 0.4) is 0 Å². The number of ketones is 1. The van der Waals surface area contributed by atoms with Crippen LogP contribution in [-0.4, -0.2) is 36.9 Å². The highest BCUT2D eigenvalue weighted by molar-refractivity contribution is 5.98. The lowest BCUT2D eigenvalue weighted by molar-refractivity contribution is 0.0937. The molecule has 0 aliphatic carbocycles. The first kappa shape index (κ1) is 12.1. The number of fused-ring (bicyclic) bond motifs is 1. The molecule has 1 N–H and O–H groups in total. The van der Waals surface area contributed by atoms with Crippen molar-refractivity contribution in [2.75, 3.05) is 31.5 Å². The maximum absolute atomic E-state index is 12.1. The molecule has 0 saturated carbocycles. The zero-order valence-corrected chi connectivity index (χ0v) is 10.6. The number of nitrogens with one attached hydrogen (secondary N) is 1. The number of benzene rings is 1. The molecule has 92 valence electrons. The molecule has 3 heteroatoms. The Labute approximate surface area is 103 Å². The Morgan fingerprint density at radius 1 is 1.35 bits per heavy atom. The summed E-state index contributed by atoms with van der Waals surface area (Å²) < 4.78 is 0. The molecular formula is C14H20N2O. The van der Waals surface area contributed by atoms with Gasteiger partial charge in [0.2, 0.25) is 0 Å². The molecule has 1 aromatic rings. The quantitative estimate of drug-likeness (QED) is 0.790. The van der Waals surface area contributed by atoms with Gasteiger partial charge in [-0.05, 0) is 43.3 Å². The fourth-order valence-corrected chi connectivity index (χ4v) is 2.22. The summed E-state index contributed by atoms with van der Waals surface area (Å²) >= 11 is 0. The molecule has 1 aromatic carbocycles. The summed E-state index contributed by atoms with van der Waals surface area (Å²) in [4.78, 5) is 14.3. The standard InChI is InChI=1S/C14H20N2O/c1-3-16(4-2)10-14(17)12-5-6-13-11(9-12)7-8-15-13/h5-6,9,15H,3-4,7-8,10H2,1-2H3. The third kappa shape index (κ3) is 2.67. The van der Waals surface area contributed by atoms with Crippen LogP contribution in [0.4, 0.5) is 5.69 Å². The van der Waals surface area contributed by atoms with E-state index in [9.17, 15) is 4.79 Å². The van der Waals surface area contributed by atoms with Crippen LogP contribution in [0.15, 0.2) is 18.2 Å². The van der Waals surface area contributed by atoms with Gasteiger partial charge in [0, 0.05) is 17.8 Å².